The molecule has 0 aromatic carbocycles. The van der Waals surface area contributed by atoms with E-state index in [1.54, 1.807) is 6.07 Å². The van der Waals surface area contributed by atoms with E-state index in [4.69, 9.17) is 9.47 Å². The molecule has 2 heterocycles. The number of aromatic nitrogens is 1. The lowest BCUT2D eigenvalue weighted by molar-refractivity contribution is -0.146. The van der Waals surface area contributed by atoms with E-state index >= 15 is 0 Å². The fourth-order valence-corrected chi connectivity index (χ4v) is 1.60. The number of nitrogens with zero attached hydrogens (tertiary/aromatic N) is 1. The van der Waals surface area contributed by atoms with E-state index in [2.05, 4.69) is 4.98 Å². The summed E-state index contributed by atoms with van der Waals surface area (Å²) in [6, 6.07) is 1.67. The van der Waals surface area contributed by atoms with Crippen molar-refractivity contribution >= 4 is 5.97 Å². The van der Waals surface area contributed by atoms with Gasteiger partial charge in [0.05, 0.1) is 25.2 Å². The Morgan fingerprint density at radius 2 is 2.47 bits per heavy atom. The van der Waals surface area contributed by atoms with Gasteiger partial charge in [-0.25, -0.2) is 4.98 Å². The zero-order chi connectivity index (χ0) is 10.8. The predicted molar refractivity (Wildman–Crippen MR) is 50.2 cm³/mol. The first-order valence-electron chi connectivity index (χ1n) is 4.58. The topological polar surface area (TPSA) is 68.7 Å². The summed E-state index contributed by atoms with van der Waals surface area (Å²) in [4.78, 5) is 15.1. The van der Waals surface area contributed by atoms with Gasteiger partial charge in [0.15, 0.2) is 0 Å². The normalized spacial score (nSPS) is 20.1. The van der Waals surface area contributed by atoms with Gasteiger partial charge in [-0.15, -0.1) is 0 Å². The number of ether oxygens (including phenoxy) is 2. The Kier molecular flexibility index (Phi) is 2.55. The van der Waals surface area contributed by atoms with Gasteiger partial charge in [-0.3, -0.25) is 4.79 Å². The van der Waals surface area contributed by atoms with Crippen molar-refractivity contribution in [1.82, 2.24) is 4.98 Å². The third kappa shape index (κ3) is 1.78. The van der Waals surface area contributed by atoms with E-state index in [-0.39, 0.29) is 13.0 Å². The number of carbonyl (C=O) groups is 1. The highest BCUT2D eigenvalue weighted by molar-refractivity contribution is 5.71. The summed E-state index contributed by atoms with van der Waals surface area (Å²) in [7, 11) is 1.49. The maximum atomic E-state index is 11.1. The molecule has 1 aromatic rings. The molecule has 1 atom stereocenters. The first kappa shape index (κ1) is 9.92. The van der Waals surface area contributed by atoms with Crippen molar-refractivity contribution in [3.63, 3.8) is 0 Å². The molecule has 0 saturated carbocycles. The molecule has 0 fully saturated rings. The van der Waals surface area contributed by atoms with Crippen LogP contribution in [0.2, 0.25) is 0 Å². The van der Waals surface area contributed by atoms with Crippen molar-refractivity contribution < 1.29 is 19.4 Å². The molecule has 0 amide bonds. The Balaban J connectivity index is 2.47. The van der Waals surface area contributed by atoms with Gasteiger partial charge in [0.1, 0.15) is 6.61 Å². The highest BCUT2D eigenvalue weighted by atomic mass is 16.5. The molecule has 0 aliphatic carbocycles. The van der Waals surface area contributed by atoms with Crippen molar-refractivity contribution in [2.24, 2.45) is 0 Å². The van der Waals surface area contributed by atoms with Crippen LogP contribution in [-0.2, 0) is 16.1 Å². The minimum Gasteiger partial charge on any atom is -0.481 e. The number of esters is 1. The molecule has 1 N–H and O–H groups in total. The van der Waals surface area contributed by atoms with Crippen LogP contribution in [0.15, 0.2) is 12.3 Å². The van der Waals surface area contributed by atoms with Crippen LogP contribution in [-0.4, -0.2) is 23.2 Å². The van der Waals surface area contributed by atoms with Crippen LogP contribution in [0.4, 0.5) is 0 Å². The Morgan fingerprint density at radius 3 is 3.20 bits per heavy atom. The number of hydrogen-bond donors (Lipinski definition) is 1. The highest BCUT2D eigenvalue weighted by Crippen LogP contribution is 2.30. The maximum absolute atomic E-state index is 11.1. The van der Waals surface area contributed by atoms with Gasteiger partial charge in [0.2, 0.25) is 5.88 Å². The summed E-state index contributed by atoms with van der Waals surface area (Å²) in [5, 5.41) is 9.75. The number of pyridine rings is 1. The van der Waals surface area contributed by atoms with Gasteiger partial charge in [-0.1, -0.05) is 0 Å². The molecule has 1 aromatic heterocycles. The van der Waals surface area contributed by atoms with E-state index in [1.807, 2.05) is 0 Å². The molecule has 5 heteroatoms. The average Bonchev–Trinajstić information content (AvgIpc) is 2.38. The Labute approximate surface area is 86.7 Å². The maximum Gasteiger partial charge on any atom is 0.309 e. The van der Waals surface area contributed by atoms with Crippen molar-refractivity contribution in [2.75, 3.05) is 7.11 Å². The second-order valence-corrected chi connectivity index (χ2v) is 3.27. The zero-order valence-electron chi connectivity index (χ0n) is 8.27. The lowest BCUT2D eigenvalue weighted by Crippen LogP contribution is -2.04. The average molecular weight is 209 g/mol. The van der Waals surface area contributed by atoms with E-state index < -0.39 is 12.1 Å². The number of cyclic esters (lactones) is 1. The van der Waals surface area contributed by atoms with E-state index in [9.17, 15) is 9.90 Å². The van der Waals surface area contributed by atoms with Gasteiger partial charge in [0.25, 0.3) is 0 Å². The minimum atomic E-state index is -0.841. The molecule has 1 aliphatic rings. The quantitative estimate of drug-likeness (QED) is 0.685. The molecule has 0 saturated heterocycles. The number of methoxy groups -OCH3 is 1. The lowest BCUT2D eigenvalue weighted by Gasteiger charge is -2.11. The van der Waals surface area contributed by atoms with Crippen LogP contribution in [0.3, 0.4) is 0 Å². The van der Waals surface area contributed by atoms with Crippen LogP contribution in [0, 0.1) is 0 Å². The van der Waals surface area contributed by atoms with Crippen LogP contribution >= 0.6 is 0 Å². The number of aliphatic hydroxyl groups is 1. The van der Waals surface area contributed by atoms with Crippen molar-refractivity contribution in [3.8, 4) is 5.88 Å². The Morgan fingerprint density at radius 1 is 1.67 bits per heavy atom. The van der Waals surface area contributed by atoms with Crippen LogP contribution < -0.4 is 4.74 Å². The summed E-state index contributed by atoms with van der Waals surface area (Å²) in [5.41, 5.74) is 1.28. The lowest BCUT2D eigenvalue weighted by atomic mass is 10.0. The minimum absolute atomic E-state index is 0.0276. The second kappa shape index (κ2) is 3.86. The molecule has 15 heavy (non-hydrogen) atoms. The first-order valence-corrected chi connectivity index (χ1v) is 4.58. The van der Waals surface area contributed by atoms with Gasteiger partial charge >= 0.3 is 5.97 Å². The molecule has 80 valence electrons. The Bertz CT molecular complexity index is 391. The molecule has 0 radical (unpaired) electrons. The standard InChI is InChI=1S/C10H11NO4/c1-14-10-7-5-15-9(13)4-8(12)6(7)2-3-11-10/h2-3,8,12H,4-5H2,1H3. The molecular formula is C10H11NO4. The molecule has 0 spiro atoms. The monoisotopic (exact) mass is 209 g/mol. The van der Waals surface area contributed by atoms with Crippen LogP contribution in [0.25, 0.3) is 0 Å². The fraction of sp³-hybridized carbons (Fsp3) is 0.400. The van der Waals surface area contributed by atoms with Crippen LogP contribution in [0.5, 0.6) is 5.88 Å². The van der Waals surface area contributed by atoms with Crippen molar-refractivity contribution in [1.29, 1.82) is 0 Å². The third-order valence-corrected chi connectivity index (χ3v) is 2.34. The van der Waals surface area contributed by atoms with Crippen molar-refractivity contribution in [3.05, 3.63) is 23.4 Å². The smallest absolute Gasteiger partial charge is 0.309 e. The highest BCUT2D eigenvalue weighted by Gasteiger charge is 2.24. The second-order valence-electron chi connectivity index (χ2n) is 3.27. The molecular weight excluding hydrogens is 198 g/mol. The number of carbonyl (C=O) groups excluding carboxylic acids is 1. The number of hydrogen-bond acceptors (Lipinski definition) is 5. The fourth-order valence-electron chi connectivity index (χ4n) is 1.60. The number of aliphatic hydroxyl groups excluding tert-OH is 1. The summed E-state index contributed by atoms with van der Waals surface area (Å²) in [6.45, 7) is 0.0994. The summed E-state index contributed by atoms with van der Waals surface area (Å²) in [6.07, 6.45) is 0.670. The van der Waals surface area contributed by atoms with E-state index in [0.717, 1.165) is 0 Å². The molecule has 2 rings (SSSR count). The molecule has 5 nitrogen and oxygen atoms in total. The summed E-state index contributed by atoms with van der Waals surface area (Å²) < 4.78 is 9.96. The third-order valence-electron chi connectivity index (χ3n) is 2.34. The van der Waals surface area contributed by atoms with Crippen molar-refractivity contribution in [2.45, 2.75) is 19.1 Å². The summed E-state index contributed by atoms with van der Waals surface area (Å²) >= 11 is 0. The molecule has 1 aliphatic heterocycles. The van der Waals surface area contributed by atoms with Gasteiger partial charge < -0.3 is 14.6 Å². The van der Waals surface area contributed by atoms with Gasteiger partial charge in [-0.2, -0.15) is 0 Å². The first-order chi connectivity index (χ1) is 7.22. The van der Waals surface area contributed by atoms with E-state index in [1.165, 1.54) is 13.3 Å². The Hall–Kier alpha value is -1.62. The van der Waals surface area contributed by atoms with Gasteiger partial charge in [0, 0.05) is 6.20 Å². The zero-order valence-corrected chi connectivity index (χ0v) is 8.27. The van der Waals surface area contributed by atoms with E-state index in [0.29, 0.717) is 17.0 Å². The SMILES string of the molecule is COc1nccc2c1COC(=O)CC2O. The molecule has 0 bridgehead atoms. The van der Waals surface area contributed by atoms with Gasteiger partial charge in [-0.05, 0) is 11.6 Å². The number of rotatable bonds is 1. The molecule has 1 unspecified atom stereocenters. The number of fused-ring (bicyclic) bond motifs is 1. The summed E-state index contributed by atoms with van der Waals surface area (Å²) in [5.74, 6) is -0.0259. The predicted octanol–water partition coefficient (Wildman–Crippen LogP) is 0.571. The van der Waals surface area contributed by atoms with Crippen LogP contribution in [0.1, 0.15) is 23.7 Å². The largest absolute Gasteiger partial charge is 0.481 e.